The number of hydrogen-bond acceptors (Lipinski definition) is 3. The summed E-state index contributed by atoms with van der Waals surface area (Å²) in [6, 6.07) is 8.66. The molecular formula is C18H32N2O. The standard InChI is InChI=1S/C18H32N2O/c1-14(2)12-18(4,13-19)20(5)15(3)11-16-9-7-8-10-17(16)21-6/h7-10,14-15H,11-13,19H2,1-6H3. The lowest BCUT2D eigenvalue weighted by atomic mass is 9.87. The van der Waals surface area contributed by atoms with Crippen LogP contribution in [-0.2, 0) is 6.42 Å². The van der Waals surface area contributed by atoms with Gasteiger partial charge in [-0.3, -0.25) is 4.90 Å². The monoisotopic (exact) mass is 292 g/mol. The Morgan fingerprint density at radius 1 is 1.24 bits per heavy atom. The number of nitrogens with zero attached hydrogens (tertiary/aromatic N) is 1. The second-order valence-corrected chi connectivity index (χ2v) is 6.77. The maximum atomic E-state index is 6.08. The van der Waals surface area contributed by atoms with Crippen molar-refractivity contribution in [2.75, 3.05) is 20.7 Å². The Hall–Kier alpha value is -1.06. The Bertz CT molecular complexity index is 433. The van der Waals surface area contributed by atoms with E-state index in [-0.39, 0.29) is 5.54 Å². The quantitative estimate of drug-likeness (QED) is 0.799. The van der Waals surface area contributed by atoms with Crippen molar-refractivity contribution < 1.29 is 4.74 Å². The predicted molar refractivity (Wildman–Crippen MR) is 90.8 cm³/mol. The number of likely N-dealkylation sites (N-methyl/N-ethyl adjacent to an activating group) is 1. The van der Waals surface area contributed by atoms with Crippen molar-refractivity contribution in [1.82, 2.24) is 4.90 Å². The minimum absolute atomic E-state index is 0.0373. The maximum absolute atomic E-state index is 6.08. The molecule has 21 heavy (non-hydrogen) atoms. The number of hydrogen-bond donors (Lipinski definition) is 1. The molecule has 3 heteroatoms. The van der Waals surface area contributed by atoms with Crippen LogP contribution < -0.4 is 10.5 Å². The first kappa shape index (κ1) is 18.0. The lowest BCUT2D eigenvalue weighted by molar-refractivity contribution is 0.0800. The lowest BCUT2D eigenvalue weighted by Gasteiger charge is -2.43. The van der Waals surface area contributed by atoms with Gasteiger partial charge in [0.1, 0.15) is 5.75 Å². The number of nitrogens with two attached hydrogens (primary N) is 1. The van der Waals surface area contributed by atoms with Crippen LogP contribution >= 0.6 is 0 Å². The minimum Gasteiger partial charge on any atom is -0.496 e. The Morgan fingerprint density at radius 2 is 1.86 bits per heavy atom. The van der Waals surface area contributed by atoms with Gasteiger partial charge in [-0.25, -0.2) is 0 Å². The SMILES string of the molecule is COc1ccccc1CC(C)N(C)C(C)(CN)CC(C)C. The molecule has 2 unspecified atom stereocenters. The van der Waals surface area contributed by atoms with Crippen LogP contribution in [0, 0.1) is 5.92 Å². The van der Waals surface area contributed by atoms with E-state index in [4.69, 9.17) is 10.5 Å². The van der Waals surface area contributed by atoms with E-state index < -0.39 is 0 Å². The van der Waals surface area contributed by atoms with Crippen molar-refractivity contribution in [1.29, 1.82) is 0 Å². The van der Waals surface area contributed by atoms with Crippen molar-refractivity contribution >= 4 is 0 Å². The van der Waals surface area contributed by atoms with E-state index in [0.717, 1.165) is 18.6 Å². The average molecular weight is 292 g/mol. The third kappa shape index (κ3) is 4.72. The van der Waals surface area contributed by atoms with Gasteiger partial charge in [-0.05, 0) is 51.3 Å². The Balaban J connectivity index is 2.84. The largest absolute Gasteiger partial charge is 0.496 e. The fourth-order valence-electron chi connectivity index (χ4n) is 3.11. The summed E-state index contributed by atoms with van der Waals surface area (Å²) in [5, 5.41) is 0. The van der Waals surface area contributed by atoms with E-state index in [0.29, 0.717) is 18.5 Å². The maximum Gasteiger partial charge on any atom is 0.122 e. The van der Waals surface area contributed by atoms with Gasteiger partial charge < -0.3 is 10.5 Å². The Morgan fingerprint density at radius 3 is 2.38 bits per heavy atom. The van der Waals surface area contributed by atoms with E-state index in [1.165, 1.54) is 5.56 Å². The average Bonchev–Trinajstić information content (AvgIpc) is 2.46. The topological polar surface area (TPSA) is 38.5 Å². The van der Waals surface area contributed by atoms with Crippen molar-refractivity contribution in [3.05, 3.63) is 29.8 Å². The van der Waals surface area contributed by atoms with Crippen molar-refractivity contribution in [3.63, 3.8) is 0 Å². The normalized spacial score (nSPS) is 16.0. The fraction of sp³-hybridized carbons (Fsp3) is 0.667. The molecule has 0 saturated carbocycles. The number of para-hydroxylation sites is 1. The summed E-state index contributed by atoms with van der Waals surface area (Å²) in [5.41, 5.74) is 7.37. The van der Waals surface area contributed by atoms with Crippen molar-refractivity contribution in [2.45, 2.75) is 52.1 Å². The molecule has 0 aliphatic rings. The number of methoxy groups -OCH3 is 1. The van der Waals surface area contributed by atoms with E-state index >= 15 is 0 Å². The molecule has 1 aromatic rings. The number of ether oxygens (including phenoxy) is 1. The van der Waals surface area contributed by atoms with Crippen LogP contribution in [0.5, 0.6) is 5.75 Å². The van der Waals surface area contributed by atoms with Crippen LogP contribution in [0.15, 0.2) is 24.3 Å². The van der Waals surface area contributed by atoms with Crippen LogP contribution in [0.4, 0.5) is 0 Å². The second kappa shape index (κ2) is 7.81. The van der Waals surface area contributed by atoms with E-state index in [9.17, 15) is 0 Å². The third-order valence-corrected chi connectivity index (χ3v) is 4.51. The van der Waals surface area contributed by atoms with Gasteiger partial charge in [0.05, 0.1) is 7.11 Å². The smallest absolute Gasteiger partial charge is 0.122 e. The highest BCUT2D eigenvalue weighted by atomic mass is 16.5. The van der Waals surface area contributed by atoms with Crippen molar-refractivity contribution in [2.24, 2.45) is 11.7 Å². The molecule has 0 aromatic heterocycles. The predicted octanol–water partition coefficient (Wildman–Crippen LogP) is 3.32. The highest BCUT2D eigenvalue weighted by Gasteiger charge is 2.31. The van der Waals surface area contributed by atoms with Gasteiger partial charge in [-0.15, -0.1) is 0 Å². The molecule has 0 amide bonds. The zero-order valence-corrected chi connectivity index (χ0v) is 14.5. The Labute approximate surface area is 130 Å². The zero-order valence-electron chi connectivity index (χ0n) is 14.5. The first-order valence-electron chi connectivity index (χ1n) is 7.89. The summed E-state index contributed by atoms with van der Waals surface area (Å²) in [6.07, 6.45) is 2.07. The number of benzene rings is 1. The van der Waals surface area contributed by atoms with Gasteiger partial charge in [-0.2, -0.15) is 0 Å². The van der Waals surface area contributed by atoms with Gasteiger partial charge in [0.15, 0.2) is 0 Å². The molecule has 2 N–H and O–H groups in total. The summed E-state index contributed by atoms with van der Waals surface area (Å²) in [6.45, 7) is 9.73. The molecule has 0 radical (unpaired) electrons. The zero-order chi connectivity index (χ0) is 16.0. The number of rotatable bonds is 8. The molecule has 0 spiro atoms. The molecular weight excluding hydrogens is 260 g/mol. The lowest BCUT2D eigenvalue weighted by Crippen LogP contribution is -2.54. The summed E-state index contributed by atoms with van der Waals surface area (Å²) in [4.78, 5) is 2.43. The van der Waals surface area contributed by atoms with Crippen LogP contribution in [-0.4, -0.2) is 37.2 Å². The van der Waals surface area contributed by atoms with Crippen LogP contribution in [0.1, 0.15) is 39.7 Å². The molecule has 3 nitrogen and oxygen atoms in total. The highest BCUT2D eigenvalue weighted by molar-refractivity contribution is 5.33. The van der Waals surface area contributed by atoms with Crippen LogP contribution in [0.3, 0.4) is 0 Å². The molecule has 0 aliphatic heterocycles. The first-order valence-corrected chi connectivity index (χ1v) is 7.89. The molecule has 1 aromatic carbocycles. The van der Waals surface area contributed by atoms with Gasteiger partial charge in [-0.1, -0.05) is 32.0 Å². The summed E-state index contributed by atoms with van der Waals surface area (Å²) in [5.74, 6) is 1.61. The van der Waals surface area contributed by atoms with Crippen LogP contribution in [0.25, 0.3) is 0 Å². The molecule has 0 heterocycles. The van der Waals surface area contributed by atoms with E-state index in [1.807, 2.05) is 12.1 Å². The molecule has 0 saturated heterocycles. The summed E-state index contributed by atoms with van der Waals surface area (Å²) < 4.78 is 5.46. The molecule has 2 atom stereocenters. The first-order chi connectivity index (χ1) is 9.84. The molecule has 120 valence electrons. The van der Waals surface area contributed by atoms with Gasteiger partial charge in [0.2, 0.25) is 0 Å². The summed E-state index contributed by atoms with van der Waals surface area (Å²) >= 11 is 0. The van der Waals surface area contributed by atoms with E-state index in [1.54, 1.807) is 7.11 Å². The van der Waals surface area contributed by atoms with Gasteiger partial charge >= 0.3 is 0 Å². The fourth-order valence-corrected chi connectivity index (χ4v) is 3.11. The summed E-state index contributed by atoms with van der Waals surface area (Å²) in [7, 11) is 3.92. The highest BCUT2D eigenvalue weighted by Crippen LogP contribution is 2.27. The van der Waals surface area contributed by atoms with Crippen molar-refractivity contribution in [3.8, 4) is 5.75 Å². The third-order valence-electron chi connectivity index (χ3n) is 4.51. The molecule has 0 fully saturated rings. The Kier molecular flexibility index (Phi) is 6.69. The molecule has 0 aliphatic carbocycles. The van der Waals surface area contributed by atoms with E-state index in [2.05, 4.69) is 51.8 Å². The van der Waals surface area contributed by atoms with Crippen LogP contribution in [0.2, 0.25) is 0 Å². The molecule has 1 rings (SSSR count). The minimum atomic E-state index is 0.0373. The molecule has 0 bridgehead atoms. The van der Waals surface area contributed by atoms with Gasteiger partial charge in [0.25, 0.3) is 0 Å². The second-order valence-electron chi connectivity index (χ2n) is 6.77. The van der Waals surface area contributed by atoms with Gasteiger partial charge in [0, 0.05) is 18.1 Å².